The van der Waals surface area contributed by atoms with Crippen LogP contribution in [0, 0.1) is 0 Å². The average Bonchev–Trinajstić information content (AvgIpc) is 2.58. The van der Waals surface area contributed by atoms with Crippen LogP contribution in [0.4, 0.5) is 0 Å². The maximum atomic E-state index is 12.2. The SMILES string of the molecule is O=C(Cn1ccc(=O)c2ccc(Cl)cc21)NCCC1=CCCCC1. The number of aromatic nitrogens is 1. The second kappa shape index (κ2) is 7.67. The molecule has 4 nitrogen and oxygen atoms in total. The summed E-state index contributed by atoms with van der Waals surface area (Å²) in [5, 5.41) is 4.08. The van der Waals surface area contributed by atoms with Crippen molar-refractivity contribution >= 4 is 28.4 Å². The molecule has 0 unspecified atom stereocenters. The molecule has 0 saturated heterocycles. The quantitative estimate of drug-likeness (QED) is 0.841. The number of pyridine rings is 1. The molecule has 0 spiro atoms. The Kier molecular flexibility index (Phi) is 5.36. The van der Waals surface area contributed by atoms with E-state index in [-0.39, 0.29) is 17.9 Å². The van der Waals surface area contributed by atoms with Crippen molar-refractivity contribution in [2.75, 3.05) is 6.54 Å². The fourth-order valence-electron chi connectivity index (χ4n) is 3.12. The van der Waals surface area contributed by atoms with Gasteiger partial charge in [0.25, 0.3) is 0 Å². The standard InChI is InChI=1S/C19H21ClN2O2/c20-15-6-7-16-17(12-15)22(11-9-18(16)23)13-19(24)21-10-8-14-4-2-1-3-5-14/h4,6-7,9,11-12H,1-3,5,8,10,13H2,(H,21,24). The van der Waals surface area contributed by atoms with Gasteiger partial charge in [-0.1, -0.05) is 23.3 Å². The minimum absolute atomic E-state index is 0.0590. The van der Waals surface area contributed by atoms with Gasteiger partial charge in [0.2, 0.25) is 5.91 Å². The van der Waals surface area contributed by atoms with Crippen molar-refractivity contribution in [3.63, 3.8) is 0 Å². The van der Waals surface area contributed by atoms with E-state index in [1.54, 1.807) is 29.0 Å². The highest BCUT2D eigenvalue weighted by Gasteiger charge is 2.08. The molecule has 24 heavy (non-hydrogen) atoms. The number of halogens is 1. The van der Waals surface area contributed by atoms with Crippen LogP contribution >= 0.6 is 11.6 Å². The van der Waals surface area contributed by atoms with Gasteiger partial charge in [-0.3, -0.25) is 9.59 Å². The Bertz CT molecular complexity index is 839. The van der Waals surface area contributed by atoms with Crippen LogP contribution in [0.3, 0.4) is 0 Å². The Hall–Kier alpha value is -2.07. The molecule has 5 heteroatoms. The van der Waals surface area contributed by atoms with Gasteiger partial charge < -0.3 is 9.88 Å². The molecular formula is C19H21ClN2O2. The van der Waals surface area contributed by atoms with Crippen LogP contribution < -0.4 is 10.7 Å². The van der Waals surface area contributed by atoms with E-state index in [1.165, 1.54) is 24.5 Å². The van der Waals surface area contributed by atoms with Crippen molar-refractivity contribution in [2.24, 2.45) is 0 Å². The van der Waals surface area contributed by atoms with Crippen LogP contribution in [0.5, 0.6) is 0 Å². The van der Waals surface area contributed by atoms with E-state index in [0.29, 0.717) is 22.5 Å². The van der Waals surface area contributed by atoms with Gasteiger partial charge in [-0.15, -0.1) is 0 Å². The fourth-order valence-corrected chi connectivity index (χ4v) is 3.29. The molecule has 0 radical (unpaired) electrons. The molecule has 0 aliphatic heterocycles. The molecule has 1 aromatic carbocycles. The first kappa shape index (κ1) is 16.8. The number of nitrogens with zero attached hydrogens (tertiary/aromatic N) is 1. The van der Waals surface area contributed by atoms with Crippen LogP contribution in [0.1, 0.15) is 32.1 Å². The molecule has 1 N–H and O–H groups in total. The van der Waals surface area contributed by atoms with Gasteiger partial charge in [-0.25, -0.2) is 0 Å². The van der Waals surface area contributed by atoms with Crippen LogP contribution in [0.15, 0.2) is 46.9 Å². The van der Waals surface area contributed by atoms with E-state index in [0.717, 1.165) is 19.3 Å². The Balaban J connectivity index is 1.65. The van der Waals surface area contributed by atoms with Gasteiger partial charge in [0.1, 0.15) is 6.54 Å². The lowest BCUT2D eigenvalue weighted by molar-refractivity contribution is -0.121. The molecule has 0 bridgehead atoms. The summed E-state index contributed by atoms with van der Waals surface area (Å²) in [6.07, 6.45) is 9.70. The topological polar surface area (TPSA) is 51.1 Å². The maximum Gasteiger partial charge on any atom is 0.239 e. The largest absolute Gasteiger partial charge is 0.354 e. The fraction of sp³-hybridized carbons (Fsp3) is 0.368. The molecule has 3 rings (SSSR count). The highest BCUT2D eigenvalue weighted by molar-refractivity contribution is 6.31. The third kappa shape index (κ3) is 4.06. The molecule has 1 amide bonds. The van der Waals surface area contributed by atoms with Gasteiger partial charge in [0.15, 0.2) is 5.43 Å². The van der Waals surface area contributed by atoms with Gasteiger partial charge in [-0.2, -0.15) is 0 Å². The summed E-state index contributed by atoms with van der Waals surface area (Å²) in [5.74, 6) is -0.0590. The van der Waals surface area contributed by atoms with Crippen LogP contribution in [0.25, 0.3) is 10.9 Å². The van der Waals surface area contributed by atoms with Crippen LogP contribution in [-0.4, -0.2) is 17.0 Å². The predicted molar refractivity (Wildman–Crippen MR) is 97.4 cm³/mol. The molecule has 0 atom stereocenters. The van der Waals surface area contributed by atoms with E-state index >= 15 is 0 Å². The number of allylic oxidation sites excluding steroid dienone is 1. The Morgan fingerprint density at radius 3 is 2.92 bits per heavy atom. The molecular weight excluding hydrogens is 324 g/mol. The lowest BCUT2D eigenvalue weighted by atomic mass is 9.97. The van der Waals surface area contributed by atoms with E-state index in [2.05, 4.69) is 11.4 Å². The Morgan fingerprint density at radius 2 is 2.12 bits per heavy atom. The van der Waals surface area contributed by atoms with Crippen molar-refractivity contribution in [1.29, 1.82) is 0 Å². The monoisotopic (exact) mass is 344 g/mol. The second-order valence-electron chi connectivity index (χ2n) is 6.18. The van der Waals surface area contributed by atoms with Crippen molar-refractivity contribution in [1.82, 2.24) is 9.88 Å². The minimum Gasteiger partial charge on any atom is -0.354 e. The van der Waals surface area contributed by atoms with E-state index in [4.69, 9.17) is 11.6 Å². The number of benzene rings is 1. The molecule has 1 aliphatic rings. The first-order valence-corrected chi connectivity index (χ1v) is 8.74. The summed E-state index contributed by atoms with van der Waals surface area (Å²) in [7, 11) is 0. The summed E-state index contributed by atoms with van der Waals surface area (Å²) in [5.41, 5.74) is 2.06. The zero-order chi connectivity index (χ0) is 16.9. The minimum atomic E-state index is -0.0671. The first-order chi connectivity index (χ1) is 11.6. The van der Waals surface area contributed by atoms with Gasteiger partial charge in [0.05, 0.1) is 5.52 Å². The van der Waals surface area contributed by atoms with Gasteiger partial charge in [0, 0.05) is 29.2 Å². The molecule has 1 aromatic heterocycles. The summed E-state index contributed by atoms with van der Waals surface area (Å²) in [6, 6.07) is 6.59. The molecule has 1 aliphatic carbocycles. The highest BCUT2D eigenvalue weighted by Crippen LogP contribution is 2.19. The third-order valence-electron chi connectivity index (χ3n) is 4.41. The highest BCUT2D eigenvalue weighted by atomic mass is 35.5. The Morgan fingerprint density at radius 1 is 1.25 bits per heavy atom. The summed E-state index contributed by atoms with van der Waals surface area (Å²) in [6.45, 7) is 0.833. The summed E-state index contributed by atoms with van der Waals surface area (Å²) in [4.78, 5) is 24.1. The van der Waals surface area contributed by atoms with Crippen molar-refractivity contribution in [3.05, 3.63) is 57.4 Å². The van der Waals surface area contributed by atoms with Crippen molar-refractivity contribution in [3.8, 4) is 0 Å². The van der Waals surface area contributed by atoms with Crippen molar-refractivity contribution < 1.29 is 4.79 Å². The van der Waals surface area contributed by atoms with E-state index in [1.807, 2.05) is 0 Å². The number of hydrogen-bond acceptors (Lipinski definition) is 2. The van der Waals surface area contributed by atoms with Gasteiger partial charge in [-0.05, 0) is 50.3 Å². The number of hydrogen-bond donors (Lipinski definition) is 1. The lowest BCUT2D eigenvalue weighted by Gasteiger charge is -2.14. The number of rotatable bonds is 5. The second-order valence-corrected chi connectivity index (χ2v) is 6.61. The number of amides is 1. The zero-order valence-electron chi connectivity index (χ0n) is 13.6. The normalized spacial score (nSPS) is 14.5. The van der Waals surface area contributed by atoms with Crippen molar-refractivity contribution in [2.45, 2.75) is 38.6 Å². The summed E-state index contributed by atoms with van der Waals surface area (Å²) < 4.78 is 1.76. The maximum absolute atomic E-state index is 12.2. The van der Waals surface area contributed by atoms with E-state index in [9.17, 15) is 9.59 Å². The van der Waals surface area contributed by atoms with Crippen LogP contribution in [0.2, 0.25) is 5.02 Å². The zero-order valence-corrected chi connectivity index (χ0v) is 14.3. The third-order valence-corrected chi connectivity index (χ3v) is 4.64. The number of carbonyl (C=O) groups is 1. The molecule has 0 saturated carbocycles. The first-order valence-electron chi connectivity index (χ1n) is 8.37. The van der Waals surface area contributed by atoms with E-state index < -0.39 is 0 Å². The molecule has 126 valence electrons. The Labute approximate surface area is 146 Å². The number of carbonyl (C=O) groups excluding carboxylic acids is 1. The smallest absolute Gasteiger partial charge is 0.239 e. The predicted octanol–water partition coefficient (Wildman–Crippen LogP) is 3.66. The summed E-state index contributed by atoms with van der Waals surface area (Å²) >= 11 is 6.03. The molecule has 0 fully saturated rings. The number of nitrogens with one attached hydrogen (secondary N) is 1. The molecule has 1 heterocycles. The van der Waals surface area contributed by atoms with Gasteiger partial charge >= 0.3 is 0 Å². The number of fused-ring (bicyclic) bond motifs is 1. The average molecular weight is 345 g/mol. The lowest BCUT2D eigenvalue weighted by Crippen LogP contribution is -2.29. The van der Waals surface area contributed by atoms with Crippen LogP contribution in [-0.2, 0) is 11.3 Å². The molecule has 2 aromatic rings.